The average molecular weight is 335 g/mol. The smallest absolute Gasteiger partial charge is 0.274 e. The maximum absolute atomic E-state index is 12.6. The van der Waals surface area contributed by atoms with Gasteiger partial charge in [0.2, 0.25) is 0 Å². The molecule has 0 spiro atoms. The zero-order valence-electron chi connectivity index (χ0n) is 14.5. The number of nitriles is 1. The number of aryl methyl sites for hydroxylation is 1. The molecule has 1 aliphatic rings. The zero-order valence-corrected chi connectivity index (χ0v) is 14.5. The maximum Gasteiger partial charge on any atom is 0.274 e. The van der Waals surface area contributed by atoms with Crippen LogP contribution in [0.3, 0.4) is 0 Å². The fourth-order valence-electron chi connectivity index (χ4n) is 3.09. The summed E-state index contributed by atoms with van der Waals surface area (Å²) in [4.78, 5) is 23.6. The van der Waals surface area contributed by atoms with Crippen LogP contribution in [0.15, 0.2) is 30.3 Å². The summed E-state index contributed by atoms with van der Waals surface area (Å²) in [6.07, 6.45) is 2.36. The largest absolute Gasteiger partial charge is 0.356 e. The predicted octanol–water partition coefficient (Wildman–Crippen LogP) is 3.15. The van der Waals surface area contributed by atoms with Crippen molar-refractivity contribution in [3.8, 4) is 6.07 Å². The Hall–Kier alpha value is -2.94. The van der Waals surface area contributed by atoms with Crippen molar-refractivity contribution in [1.29, 1.82) is 5.26 Å². The van der Waals surface area contributed by atoms with E-state index in [0.29, 0.717) is 28.7 Å². The number of piperidine rings is 1. The van der Waals surface area contributed by atoms with Crippen molar-refractivity contribution in [2.45, 2.75) is 26.7 Å². The number of benzene rings is 1. The van der Waals surface area contributed by atoms with Gasteiger partial charge in [-0.3, -0.25) is 4.79 Å². The molecule has 1 aromatic carbocycles. The molecule has 1 atom stereocenters. The third-order valence-electron chi connectivity index (χ3n) is 4.29. The molecule has 2 aromatic rings. The van der Waals surface area contributed by atoms with Crippen LogP contribution in [0.25, 0.3) is 0 Å². The van der Waals surface area contributed by atoms with Gasteiger partial charge in [0.25, 0.3) is 5.91 Å². The molecular formula is C19H21N5O. The monoisotopic (exact) mass is 335 g/mol. The Kier molecular flexibility index (Phi) is 4.94. The van der Waals surface area contributed by atoms with Gasteiger partial charge in [-0.2, -0.15) is 5.26 Å². The molecule has 1 N–H and O–H groups in total. The van der Waals surface area contributed by atoms with Crippen LogP contribution in [0.4, 0.5) is 11.5 Å². The van der Waals surface area contributed by atoms with Crippen LogP contribution < -0.4 is 10.2 Å². The molecule has 0 bridgehead atoms. The van der Waals surface area contributed by atoms with Crippen molar-refractivity contribution in [3.05, 3.63) is 47.4 Å². The lowest BCUT2D eigenvalue weighted by Crippen LogP contribution is -2.35. The van der Waals surface area contributed by atoms with Crippen LogP contribution in [0.5, 0.6) is 0 Å². The van der Waals surface area contributed by atoms with Crippen LogP contribution in [-0.4, -0.2) is 29.0 Å². The number of rotatable bonds is 3. The molecule has 6 nitrogen and oxygen atoms in total. The molecule has 0 aliphatic carbocycles. The number of carbonyl (C=O) groups excluding carboxylic acids is 1. The lowest BCUT2D eigenvalue weighted by atomic mass is 10.0. The molecule has 1 aliphatic heterocycles. The first-order valence-electron chi connectivity index (χ1n) is 8.47. The second-order valence-corrected chi connectivity index (χ2v) is 6.50. The number of aromatic nitrogens is 2. The summed E-state index contributed by atoms with van der Waals surface area (Å²) < 4.78 is 0. The minimum atomic E-state index is -0.299. The van der Waals surface area contributed by atoms with Crippen LogP contribution in [0, 0.1) is 24.2 Å². The SMILES string of the molecule is Cc1nc(C(=O)Nc2cccc(C#N)c2)cc(N2CCCC(C)C2)n1. The molecule has 1 unspecified atom stereocenters. The highest BCUT2D eigenvalue weighted by atomic mass is 16.1. The van der Waals surface area contributed by atoms with Gasteiger partial charge in [0.15, 0.2) is 0 Å². The van der Waals surface area contributed by atoms with Crippen molar-refractivity contribution < 1.29 is 4.79 Å². The molecule has 6 heteroatoms. The van der Waals surface area contributed by atoms with Crippen molar-refractivity contribution in [2.24, 2.45) is 5.92 Å². The van der Waals surface area contributed by atoms with E-state index in [4.69, 9.17) is 5.26 Å². The summed E-state index contributed by atoms with van der Waals surface area (Å²) >= 11 is 0. The highest BCUT2D eigenvalue weighted by Crippen LogP contribution is 2.22. The second-order valence-electron chi connectivity index (χ2n) is 6.50. The van der Waals surface area contributed by atoms with Crippen molar-refractivity contribution in [1.82, 2.24) is 9.97 Å². The minimum absolute atomic E-state index is 0.299. The number of nitrogens with zero attached hydrogens (tertiary/aromatic N) is 4. The Morgan fingerprint density at radius 3 is 2.96 bits per heavy atom. The first-order chi connectivity index (χ1) is 12.0. The van der Waals surface area contributed by atoms with Crippen molar-refractivity contribution in [3.63, 3.8) is 0 Å². The summed E-state index contributed by atoms with van der Waals surface area (Å²) in [5.74, 6) is 1.70. The maximum atomic E-state index is 12.6. The number of anilines is 2. The first-order valence-corrected chi connectivity index (χ1v) is 8.47. The average Bonchev–Trinajstić information content (AvgIpc) is 2.61. The second kappa shape index (κ2) is 7.31. The fourth-order valence-corrected chi connectivity index (χ4v) is 3.09. The van der Waals surface area contributed by atoms with Crippen LogP contribution in [0.2, 0.25) is 0 Å². The molecule has 1 aromatic heterocycles. The quantitative estimate of drug-likeness (QED) is 0.932. The number of amides is 1. The Morgan fingerprint density at radius 1 is 1.36 bits per heavy atom. The topological polar surface area (TPSA) is 81.9 Å². The summed E-state index contributed by atoms with van der Waals surface area (Å²) in [7, 11) is 0. The molecule has 0 saturated carbocycles. The summed E-state index contributed by atoms with van der Waals surface area (Å²) in [6, 6.07) is 10.6. The highest BCUT2D eigenvalue weighted by Gasteiger charge is 2.20. The van der Waals surface area contributed by atoms with E-state index >= 15 is 0 Å². The molecule has 25 heavy (non-hydrogen) atoms. The summed E-state index contributed by atoms with van der Waals surface area (Å²) in [5, 5.41) is 11.8. The fraction of sp³-hybridized carbons (Fsp3) is 0.368. The molecule has 1 saturated heterocycles. The van der Waals surface area contributed by atoms with E-state index in [0.717, 1.165) is 25.3 Å². The molecule has 1 fully saturated rings. The van der Waals surface area contributed by atoms with E-state index < -0.39 is 0 Å². The van der Waals surface area contributed by atoms with Gasteiger partial charge < -0.3 is 10.2 Å². The van der Waals surface area contributed by atoms with E-state index in [1.165, 1.54) is 6.42 Å². The molecule has 0 radical (unpaired) electrons. The Morgan fingerprint density at radius 2 is 2.20 bits per heavy atom. The first kappa shape index (κ1) is 16.9. The minimum Gasteiger partial charge on any atom is -0.356 e. The van der Waals surface area contributed by atoms with Crippen molar-refractivity contribution >= 4 is 17.4 Å². The Balaban J connectivity index is 1.81. The molecule has 3 rings (SSSR count). The lowest BCUT2D eigenvalue weighted by molar-refractivity contribution is 0.102. The molecular weight excluding hydrogens is 314 g/mol. The normalized spacial score (nSPS) is 17.0. The van der Waals surface area contributed by atoms with Gasteiger partial charge in [-0.15, -0.1) is 0 Å². The molecule has 1 amide bonds. The Labute approximate surface area is 147 Å². The van der Waals surface area contributed by atoms with Crippen LogP contribution in [-0.2, 0) is 0 Å². The molecule has 128 valence electrons. The highest BCUT2D eigenvalue weighted by molar-refractivity contribution is 6.03. The standard InChI is InChI=1S/C19H21N5O/c1-13-5-4-8-24(12-13)18-10-17(21-14(2)22-18)19(25)23-16-7-3-6-15(9-16)11-20/h3,6-7,9-10,13H,4-5,8,12H2,1-2H3,(H,23,25). The third kappa shape index (κ3) is 4.13. The third-order valence-corrected chi connectivity index (χ3v) is 4.29. The van der Waals surface area contributed by atoms with E-state index in [-0.39, 0.29) is 5.91 Å². The van der Waals surface area contributed by atoms with Crippen LogP contribution in [0.1, 0.15) is 41.6 Å². The van der Waals surface area contributed by atoms with E-state index in [2.05, 4.69) is 33.2 Å². The summed E-state index contributed by atoms with van der Waals surface area (Å²) in [5.41, 5.74) is 1.41. The van der Waals surface area contributed by atoms with E-state index in [1.807, 2.05) is 0 Å². The molecule has 2 heterocycles. The van der Waals surface area contributed by atoms with Crippen molar-refractivity contribution in [2.75, 3.05) is 23.3 Å². The van der Waals surface area contributed by atoms with Gasteiger partial charge in [-0.1, -0.05) is 13.0 Å². The van der Waals surface area contributed by atoms with E-state index in [1.54, 1.807) is 37.3 Å². The van der Waals surface area contributed by atoms with Gasteiger partial charge in [0, 0.05) is 24.8 Å². The lowest BCUT2D eigenvalue weighted by Gasteiger charge is -2.32. The Bertz CT molecular complexity index is 827. The number of carbonyl (C=O) groups is 1. The van der Waals surface area contributed by atoms with Gasteiger partial charge >= 0.3 is 0 Å². The number of hydrogen-bond donors (Lipinski definition) is 1. The van der Waals surface area contributed by atoms with Gasteiger partial charge in [0.1, 0.15) is 17.3 Å². The predicted molar refractivity (Wildman–Crippen MR) is 96.5 cm³/mol. The number of nitrogens with one attached hydrogen (secondary N) is 1. The van der Waals surface area contributed by atoms with Crippen LogP contribution >= 0.6 is 0 Å². The van der Waals surface area contributed by atoms with E-state index in [9.17, 15) is 4.79 Å². The van der Waals surface area contributed by atoms with Gasteiger partial charge in [-0.25, -0.2) is 9.97 Å². The zero-order chi connectivity index (χ0) is 17.8. The van der Waals surface area contributed by atoms with Gasteiger partial charge in [-0.05, 0) is 43.9 Å². The van der Waals surface area contributed by atoms with Gasteiger partial charge in [0.05, 0.1) is 11.6 Å². The number of hydrogen-bond acceptors (Lipinski definition) is 5. The summed E-state index contributed by atoms with van der Waals surface area (Å²) in [6.45, 7) is 5.92.